The first-order valence-corrected chi connectivity index (χ1v) is 12.7. The van der Waals surface area contributed by atoms with Crippen molar-refractivity contribution in [2.75, 3.05) is 13.1 Å². The van der Waals surface area contributed by atoms with Crippen LogP contribution in [-0.4, -0.2) is 58.6 Å². The summed E-state index contributed by atoms with van der Waals surface area (Å²) in [5.41, 5.74) is 8.22. The van der Waals surface area contributed by atoms with Crippen LogP contribution in [-0.2, 0) is 16.1 Å². The van der Waals surface area contributed by atoms with Gasteiger partial charge in [-0.05, 0) is 74.6 Å². The van der Waals surface area contributed by atoms with Crippen LogP contribution in [0.5, 0.6) is 0 Å². The van der Waals surface area contributed by atoms with Gasteiger partial charge in [-0.1, -0.05) is 18.9 Å². The molecule has 3 unspecified atom stereocenters. The molecule has 2 saturated heterocycles. The van der Waals surface area contributed by atoms with Gasteiger partial charge in [-0.25, -0.2) is 0 Å². The van der Waals surface area contributed by atoms with Crippen LogP contribution in [0.2, 0.25) is 0 Å². The van der Waals surface area contributed by atoms with E-state index in [2.05, 4.69) is 10.2 Å². The molecule has 0 radical (unpaired) electrons. The SMILES string of the molecule is NC(CC1CCCN(Cc2ccc3c(c2)C(=O)N(C2CCC(=O)NC2=O)C3=O)C1)C1CCCC1. The molecule has 0 spiro atoms. The highest BCUT2D eigenvalue weighted by molar-refractivity contribution is 6.23. The van der Waals surface area contributed by atoms with Crippen molar-refractivity contribution in [3.63, 3.8) is 0 Å². The minimum Gasteiger partial charge on any atom is -0.327 e. The summed E-state index contributed by atoms with van der Waals surface area (Å²) in [5, 5.41) is 2.24. The van der Waals surface area contributed by atoms with Gasteiger partial charge >= 0.3 is 0 Å². The lowest BCUT2D eigenvalue weighted by molar-refractivity contribution is -0.136. The highest BCUT2D eigenvalue weighted by Crippen LogP contribution is 2.32. The van der Waals surface area contributed by atoms with Crippen LogP contribution in [0.3, 0.4) is 0 Å². The third-order valence-electron chi connectivity index (χ3n) is 8.12. The van der Waals surface area contributed by atoms with E-state index in [1.165, 1.54) is 32.1 Å². The average Bonchev–Trinajstić information content (AvgIpc) is 3.43. The van der Waals surface area contributed by atoms with E-state index in [-0.39, 0.29) is 18.7 Å². The normalized spacial score (nSPS) is 27.3. The molecule has 1 aromatic rings. The molecular weight excluding hydrogens is 432 g/mol. The van der Waals surface area contributed by atoms with Gasteiger partial charge in [0.15, 0.2) is 0 Å². The number of nitrogens with one attached hydrogen (secondary N) is 1. The van der Waals surface area contributed by atoms with Crippen molar-refractivity contribution in [2.24, 2.45) is 17.6 Å². The molecule has 5 rings (SSSR count). The number of fused-ring (bicyclic) bond motifs is 1. The predicted molar refractivity (Wildman–Crippen MR) is 126 cm³/mol. The van der Waals surface area contributed by atoms with E-state index in [1.807, 2.05) is 6.07 Å². The number of nitrogens with zero attached hydrogens (tertiary/aromatic N) is 2. The minimum absolute atomic E-state index is 0.121. The zero-order valence-electron chi connectivity index (χ0n) is 19.6. The first-order chi connectivity index (χ1) is 16.4. The van der Waals surface area contributed by atoms with Crippen LogP contribution < -0.4 is 11.1 Å². The topological polar surface area (TPSA) is 113 Å². The van der Waals surface area contributed by atoms with Crippen molar-refractivity contribution in [2.45, 2.75) is 76.4 Å². The van der Waals surface area contributed by atoms with E-state index in [1.54, 1.807) is 12.1 Å². The molecular formula is C26H34N4O4. The fourth-order valence-corrected chi connectivity index (χ4v) is 6.32. The number of piperidine rings is 2. The van der Waals surface area contributed by atoms with Gasteiger partial charge in [-0.2, -0.15) is 0 Å². The summed E-state index contributed by atoms with van der Waals surface area (Å²) in [7, 11) is 0. The van der Waals surface area contributed by atoms with Crippen molar-refractivity contribution in [3.05, 3.63) is 34.9 Å². The first-order valence-electron chi connectivity index (χ1n) is 12.7. The van der Waals surface area contributed by atoms with E-state index in [9.17, 15) is 19.2 Å². The number of rotatable bonds is 6. The van der Waals surface area contributed by atoms with Gasteiger partial charge in [0.05, 0.1) is 11.1 Å². The highest BCUT2D eigenvalue weighted by Gasteiger charge is 2.44. The average molecular weight is 467 g/mol. The molecule has 4 aliphatic rings. The van der Waals surface area contributed by atoms with E-state index >= 15 is 0 Å². The Morgan fingerprint density at radius 1 is 0.971 bits per heavy atom. The Morgan fingerprint density at radius 3 is 2.50 bits per heavy atom. The van der Waals surface area contributed by atoms with Crippen LogP contribution in [0.15, 0.2) is 18.2 Å². The monoisotopic (exact) mass is 466 g/mol. The molecule has 3 aliphatic heterocycles. The Labute approximate surface area is 200 Å². The lowest BCUT2D eigenvalue weighted by Gasteiger charge is -2.35. The van der Waals surface area contributed by atoms with Gasteiger partial charge in [0, 0.05) is 25.6 Å². The van der Waals surface area contributed by atoms with Crippen LogP contribution in [0.25, 0.3) is 0 Å². The second-order valence-corrected chi connectivity index (χ2v) is 10.5. The molecule has 0 bridgehead atoms. The zero-order chi connectivity index (χ0) is 23.8. The Kier molecular flexibility index (Phi) is 6.53. The van der Waals surface area contributed by atoms with Gasteiger partial charge in [0.2, 0.25) is 11.8 Å². The van der Waals surface area contributed by atoms with Crippen LogP contribution in [0, 0.1) is 11.8 Å². The molecule has 182 valence electrons. The number of benzene rings is 1. The van der Waals surface area contributed by atoms with Gasteiger partial charge in [0.25, 0.3) is 11.8 Å². The molecule has 4 amide bonds. The van der Waals surface area contributed by atoms with Crippen molar-refractivity contribution in [3.8, 4) is 0 Å². The van der Waals surface area contributed by atoms with Crippen LogP contribution in [0.4, 0.5) is 0 Å². The Balaban J connectivity index is 1.23. The fourth-order valence-electron chi connectivity index (χ4n) is 6.32. The highest BCUT2D eigenvalue weighted by atomic mass is 16.2. The summed E-state index contributed by atoms with van der Waals surface area (Å²) in [5.74, 6) is -0.575. The maximum absolute atomic E-state index is 13.1. The Morgan fingerprint density at radius 2 is 1.74 bits per heavy atom. The van der Waals surface area contributed by atoms with Crippen molar-refractivity contribution in [1.29, 1.82) is 0 Å². The van der Waals surface area contributed by atoms with Crippen LogP contribution >= 0.6 is 0 Å². The summed E-state index contributed by atoms with van der Waals surface area (Å²) >= 11 is 0. The second kappa shape index (κ2) is 9.58. The molecule has 34 heavy (non-hydrogen) atoms. The number of hydrogen-bond acceptors (Lipinski definition) is 6. The zero-order valence-corrected chi connectivity index (χ0v) is 19.6. The summed E-state index contributed by atoms with van der Waals surface area (Å²) in [6, 6.07) is 4.78. The molecule has 1 aromatic carbocycles. The van der Waals surface area contributed by atoms with Crippen molar-refractivity contribution >= 4 is 23.6 Å². The number of amides is 4. The molecule has 3 fully saturated rings. The molecule has 8 nitrogen and oxygen atoms in total. The minimum atomic E-state index is -0.930. The van der Waals surface area contributed by atoms with Crippen LogP contribution in [0.1, 0.15) is 84.1 Å². The molecule has 3 N–H and O–H groups in total. The molecule has 1 aliphatic carbocycles. The summed E-state index contributed by atoms with van der Waals surface area (Å²) < 4.78 is 0. The Hall–Kier alpha value is -2.58. The molecule has 0 aromatic heterocycles. The quantitative estimate of drug-likeness (QED) is 0.622. The van der Waals surface area contributed by atoms with E-state index in [4.69, 9.17) is 5.73 Å². The van der Waals surface area contributed by atoms with Gasteiger partial charge in [0.1, 0.15) is 6.04 Å². The number of likely N-dealkylation sites (tertiary alicyclic amines) is 1. The van der Waals surface area contributed by atoms with E-state index in [0.717, 1.165) is 42.9 Å². The standard InChI is InChI=1S/C26H34N4O4/c27-21(18-5-1-2-6-18)13-16-4-3-11-29(14-16)15-17-7-8-19-20(12-17)26(34)30(25(19)33)22-9-10-23(31)28-24(22)32/h7-8,12,16,18,21-22H,1-6,9-11,13-15,27H2,(H,28,31,32). The maximum Gasteiger partial charge on any atom is 0.262 e. The molecule has 3 heterocycles. The lowest BCUT2D eigenvalue weighted by atomic mass is 9.86. The number of nitrogens with two attached hydrogens (primary N) is 1. The predicted octanol–water partition coefficient (Wildman–Crippen LogP) is 2.21. The summed E-state index contributed by atoms with van der Waals surface area (Å²) in [6.45, 7) is 2.75. The van der Waals surface area contributed by atoms with E-state index in [0.29, 0.717) is 29.0 Å². The van der Waals surface area contributed by atoms with E-state index < -0.39 is 23.8 Å². The molecule has 1 saturated carbocycles. The smallest absolute Gasteiger partial charge is 0.262 e. The van der Waals surface area contributed by atoms with Gasteiger partial charge in [-0.15, -0.1) is 0 Å². The van der Waals surface area contributed by atoms with Gasteiger partial charge < -0.3 is 5.73 Å². The Bertz CT molecular complexity index is 1000. The van der Waals surface area contributed by atoms with Gasteiger partial charge in [-0.3, -0.25) is 34.3 Å². The van der Waals surface area contributed by atoms with Crippen molar-refractivity contribution < 1.29 is 19.2 Å². The number of carbonyl (C=O) groups excluding carboxylic acids is 4. The number of carbonyl (C=O) groups is 4. The summed E-state index contributed by atoms with van der Waals surface area (Å²) in [4.78, 5) is 53.2. The first kappa shape index (κ1) is 23.2. The molecule has 8 heteroatoms. The van der Waals surface area contributed by atoms with Crippen molar-refractivity contribution in [1.82, 2.24) is 15.1 Å². The largest absolute Gasteiger partial charge is 0.327 e. The third kappa shape index (κ3) is 4.53. The summed E-state index contributed by atoms with van der Waals surface area (Å²) in [6.07, 6.45) is 8.91. The second-order valence-electron chi connectivity index (χ2n) is 10.5. The lowest BCUT2D eigenvalue weighted by Crippen LogP contribution is -2.54. The molecule has 3 atom stereocenters. The number of hydrogen-bond donors (Lipinski definition) is 2. The maximum atomic E-state index is 13.1. The number of imide groups is 2. The fraction of sp³-hybridized carbons (Fsp3) is 0.615. The third-order valence-corrected chi connectivity index (χ3v) is 8.12.